The molecular formula is C17H18O7. The van der Waals surface area contributed by atoms with Crippen molar-refractivity contribution in [2.24, 2.45) is 0 Å². The molecule has 128 valence electrons. The highest BCUT2D eigenvalue weighted by Crippen LogP contribution is 2.36. The summed E-state index contributed by atoms with van der Waals surface area (Å²) in [7, 11) is 2.92. The molecule has 1 aliphatic rings. The van der Waals surface area contributed by atoms with Gasteiger partial charge in [0.25, 0.3) is 0 Å². The third kappa shape index (κ3) is 3.69. The molecule has 0 spiro atoms. The van der Waals surface area contributed by atoms with Gasteiger partial charge in [-0.1, -0.05) is 12.1 Å². The van der Waals surface area contributed by atoms with Crippen LogP contribution in [-0.2, 0) is 4.74 Å². The topological polar surface area (TPSA) is 105 Å². The van der Waals surface area contributed by atoms with Gasteiger partial charge in [-0.05, 0) is 12.1 Å². The summed E-state index contributed by atoms with van der Waals surface area (Å²) in [5.74, 6) is 0.103. The van der Waals surface area contributed by atoms with E-state index in [2.05, 4.69) is 0 Å². The Morgan fingerprint density at radius 3 is 2.38 bits per heavy atom. The maximum absolute atomic E-state index is 11.7. The van der Waals surface area contributed by atoms with E-state index in [1.165, 1.54) is 20.3 Å². The van der Waals surface area contributed by atoms with Gasteiger partial charge in [0.1, 0.15) is 29.4 Å². The van der Waals surface area contributed by atoms with Gasteiger partial charge in [0.05, 0.1) is 7.11 Å². The lowest BCUT2D eigenvalue weighted by Gasteiger charge is -2.23. The second-order valence-corrected chi connectivity index (χ2v) is 4.91. The van der Waals surface area contributed by atoms with Crippen LogP contribution in [0.4, 0.5) is 0 Å². The number of rotatable bonds is 2. The molecule has 24 heavy (non-hydrogen) atoms. The van der Waals surface area contributed by atoms with Crippen molar-refractivity contribution in [3.8, 4) is 28.7 Å². The van der Waals surface area contributed by atoms with E-state index < -0.39 is 6.10 Å². The molecule has 7 nitrogen and oxygen atoms in total. The number of fused-ring (bicyclic) bond motifs is 1. The van der Waals surface area contributed by atoms with Crippen LogP contribution in [0, 0.1) is 0 Å². The number of methoxy groups -OCH3 is 2. The Hall–Kier alpha value is -2.93. The number of hydrogen-bond donors (Lipinski definition) is 3. The number of phenols is 3. The molecule has 0 saturated carbocycles. The summed E-state index contributed by atoms with van der Waals surface area (Å²) >= 11 is 0. The van der Waals surface area contributed by atoms with Crippen LogP contribution in [0.5, 0.6) is 28.7 Å². The van der Waals surface area contributed by atoms with Crippen LogP contribution in [0.3, 0.4) is 0 Å². The first-order valence-electron chi connectivity index (χ1n) is 7.05. The number of hydrogen-bond acceptors (Lipinski definition) is 7. The molecule has 0 aliphatic carbocycles. The highest BCUT2D eigenvalue weighted by atomic mass is 16.5. The molecule has 0 aromatic heterocycles. The van der Waals surface area contributed by atoms with Crippen molar-refractivity contribution in [1.82, 2.24) is 0 Å². The monoisotopic (exact) mass is 334 g/mol. The van der Waals surface area contributed by atoms with Crippen LogP contribution < -0.4 is 9.47 Å². The van der Waals surface area contributed by atoms with E-state index in [-0.39, 0.29) is 41.0 Å². The number of Topliss-reactive ketones (excluding diaryl/α,β-unsaturated/α-hetero) is 1. The Balaban J connectivity index is 0.000000198. The van der Waals surface area contributed by atoms with E-state index in [0.29, 0.717) is 5.75 Å². The van der Waals surface area contributed by atoms with Crippen molar-refractivity contribution in [3.63, 3.8) is 0 Å². The molecular weight excluding hydrogens is 316 g/mol. The number of carbonyl (C=O) groups excluding carboxylic acids is 1. The molecule has 1 aliphatic heterocycles. The summed E-state index contributed by atoms with van der Waals surface area (Å²) in [5.41, 5.74) is 0.0610. The van der Waals surface area contributed by atoms with Gasteiger partial charge in [0, 0.05) is 19.2 Å². The van der Waals surface area contributed by atoms with E-state index in [9.17, 15) is 15.0 Å². The Labute approximate surface area is 138 Å². The average molecular weight is 334 g/mol. The lowest BCUT2D eigenvalue weighted by atomic mass is 10.0. The van der Waals surface area contributed by atoms with Gasteiger partial charge >= 0.3 is 0 Å². The fraction of sp³-hybridized carbons (Fsp3) is 0.235. The zero-order valence-corrected chi connectivity index (χ0v) is 13.2. The lowest BCUT2D eigenvalue weighted by Crippen LogP contribution is -2.34. The highest BCUT2D eigenvalue weighted by Gasteiger charge is 2.31. The third-order valence-electron chi connectivity index (χ3n) is 3.36. The number of ketones is 1. The summed E-state index contributed by atoms with van der Waals surface area (Å²) in [4.78, 5) is 11.7. The number of aromatic hydroxyl groups is 3. The minimum absolute atomic E-state index is 0.0610. The first-order valence-corrected chi connectivity index (χ1v) is 7.05. The van der Waals surface area contributed by atoms with Crippen LogP contribution >= 0.6 is 0 Å². The molecule has 3 N–H and O–H groups in total. The number of phenolic OH excluding ortho intramolecular Hbond substituents is 3. The predicted molar refractivity (Wildman–Crippen MR) is 85.1 cm³/mol. The normalized spacial score (nSPS) is 15.6. The van der Waals surface area contributed by atoms with Crippen molar-refractivity contribution in [3.05, 3.63) is 42.0 Å². The van der Waals surface area contributed by atoms with E-state index in [1.54, 1.807) is 24.3 Å². The van der Waals surface area contributed by atoms with Gasteiger partial charge in [-0.2, -0.15) is 0 Å². The van der Waals surface area contributed by atoms with E-state index >= 15 is 0 Å². The number of carbonyl (C=O) groups is 1. The summed E-state index contributed by atoms with van der Waals surface area (Å²) in [6.45, 7) is 0.0885. The second kappa shape index (κ2) is 7.56. The summed E-state index contributed by atoms with van der Waals surface area (Å²) in [6, 6.07) is 9.22. The lowest BCUT2D eigenvalue weighted by molar-refractivity contribution is 0.0363. The van der Waals surface area contributed by atoms with Crippen LogP contribution in [0.2, 0.25) is 0 Å². The highest BCUT2D eigenvalue weighted by molar-refractivity contribution is 6.05. The van der Waals surface area contributed by atoms with Gasteiger partial charge < -0.3 is 29.5 Å². The molecule has 1 heterocycles. The van der Waals surface area contributed by atoms with Crippen LogP contribution in [0.25, 0.3) is 0 Å². The standard InChI is InChI=1S/C10H10O5.C7H8O2/c1-14-8-4-15-7-3-5(11)2-6(12)9(7)10(8)13;1-9-7-5-3-2-4-6(7)8/h2-3,8,11-12H,4H2,1H3;2-5,8H,1H3/t8-;/m1./s1. The van der Waals surface area contributed by atoms with Gasteiger partial charge in [0.2, 0.25) is 5.78 Å². The van der Waals surface area contributed by atoms with Crippen molar-refractivity contribution >= 4 is 5.78 Å². The van der Waals surface area contributed by atoms with Gasteiger partial charge in [-0.3, -0.25) is 4.79 Å². The zero-order valence-electron chi connectivity index (χ0n) is 13.2. The van der Waals surface area contributed by atoms with Gasteiger partial charge in [-0.15, -0.1) is 0 Å². The molecule has 0 radical (unpaired) electrons. The first kappa shape index (κ1) is 17.4. The van der Waals surface area contributed by atoms with Crippen LogP contribution in [0.15, 0.2) is 36.4 Å². The summed E-state index contributed by atoms with van der Waals surface area (Å²) in [6.07, 6.45) is -0.701. The van der Waals surface area contributed by atoms with Crippen molar-refractivity contribution in [2.45, 2.75) is 6.10 Å². The minimum Gasteiger partial charge on any atom is -0.508 e. The Bertz CT molecular complexity index is 727. The molecule has 3 rings (SSSR count). The molecule has 0 bridgehead atoms. The summed E-state index contributed by atoms with van der Waals surface area (Å²) in [5, 5.41) is 27.7. The van der Waals surface area contributed by atoms with Gasteiger partial charge in [-0.25, -0.2) is 0 Å². The Morgan fingerprint density at radius 2 is 1.79 bits per heavy atom. The largest absolute Gasteiger partial charge is 0.508 e. The first-order chi connectivity index (χ1) is 11.5. The molecule has 0 fully saturated rings. The molecule has 0 unspecified atom stereocenters. The Morgan fingerprint density at radius 1 is 1.08 bits per heavy atom. The van der Waals surface area contributed by atoms with Crippen molar-refractivity contribution in [1.29, 1.82) is 0 Å². The molecule has 0 saturated heterocycles. The van der Waals surface area contributed by atoms with Crippen molar-refractivity contribution < 1.29 is 34.3 Å². The van der Waals surface area contributed by atoms with E-state index in [1.807, 2.05) is 0 Å². The number of para-hydroxylation sites is 2. The smallest absolute Gasteiger partial charge is 0.202 e. The maximum atomic E-state index is 11.7. The molecule has 7 heteroatoms. The zero-order chi connectivity index (χ0) is 17.7. The number of ether oxygens (including phenoxy) is 3. The second-order valence-electron chi connectivity index (χ2n) is 4.91. The van der Waals surface area contributed by atoms with E-state index in [0.717, 1.165) is 6.07 Å². The van der Waals surface area contributed by atoms with Crippen molar-refractivity contribution in [2.75, 3.05) is 20.8 Å². The fourth-order valence-corrected chi connectivity index (χ4v) is 2.16. The fourth-order valence-electron chi connectivity index (χ4n) is 2.16. The predicted octanol–water partition coefficient (Wildman–Crippen LogP) is 2.09. The van der Waals surface area contributed by atoms with Gasteiger partial charge in [0.15, 0.2) is 17.6 Å². The molecule has 2 aromatic carbocycles. The summed E-state index contributed by atoms with van der Waals surface area (Å²) < 4.78 is 14.9. The van der Waals surface area contributed by atoms with E-state index in [4.69, 9.17) is 19.3 Å². The quantitative estimate of drug-likeness (QED) is 0.772. The average Bonchev–Trinajstić information content (AvgIpc) is 2.55. The molecule has 2 aromatic rings. The Kier molecular flexibility index (Phi) is 5.49. The molecule has 0 amide bonds. The van der Waals surface area contributed by atoms with Crippen LogP contribution in [-0.4, -0.2) is 48.0 Å². The molecule has 1 atom stereocenters. The third-order valence-corrected chi connectivity index (χ3v) is 3.36. The van der Waals surface area contributed by atoms with Crippen LogP contribution in [0.1, 0.15) is 10.4 Å². The minimum atomic E-state index is -0.701. The SMILES string of the molecule is CO[C@@H]1COc2cc(O)cc(O)c2C1=O.COc1ccccc1O. The maximum Gasteiger partial charge on any atom is 0.202 e. The number of benzene rings is 2.